The summed E-state index contributed by atoms with van der Waals surface area (Å²) in [4.78, 5) is 29.2. The number of ketones is 1. The van der Waals surface area contributed by atoms with Crippen molar-refractivity contribution in [1.82, 2.24) is 9.80 Å². The molecule has 1 aliphatic rings. The lowest BCUT2D eigenvalue weighted by atomic mass is 9.98. The molecule has 1 aromatic heterocycles. The minimum absolute atomic E-state index is 0.0414. The molecule has 7 nitrogen and oxygen atoms in total. The molecule has 0 bridgehead atoms. The molecule has 1 amide bonds. The number of furan rings is 1. The molecular formula is C24H30N2O5. The molecule has 0 saturated carbocycles. The Kier molecular flexibility index (Phi) is 6.85. The summed E-state index contributed by atoms with van der Waals surface area (Å²) in [6.45, 7) is 7.22. The predicted molar refractivity (Wildman–Crippen MR) is 118 cm³/mol. The summed E-state index contributed by atoms with van der Waals surface area (Å²) in [6.07, 6.45) is 0.889. The summed E-state index contributed by atoms with van der Waals surface area (Å²) in [5.74, 6) is 0.289. The van der Waals surface area contributed by atoms with Crippen LogP contribution in [0.3, 0.4) is 0 Å². The number of benzene rings is 1. The van der Waals surface area contributed by atoms with Crippen molar-refractivity contribution in [3.63, 3.8) is 0 Å². The summed E-state index contributed by atoms with van der Waals surface area (Å²) in [5.41, 5.74) is 1.34. The molecule has 3 rings (SSSR count). The van der Waals surface area contributed by atoms with Gasteiger partial charge in [-0.25, -0.2) is 0 Å². The summed E-state index contributed by atoms with van der Waals surface area (Å²) < 4.78 is 11.5. The summed E-state index contributed by atoms with van der Waals surface area (Å²) in [5, 5.41) is 11.1. The van der Waals surface area contributed by atoms with Gasteiger partial charge >= 0.3 is 0 Å². The van der Waals surface area contributed by atoms with Crippen LogP contribution in [0.1, 0.15) is 42.0 Å². The summed E-state index contributed by atoms with van der Waals surface area (Å²) in [6, 6.07) is 7.99. The summed E-state index contributed by atoms with van der Waals surface area (Å²) >= 11 is 0. The number of aryl methyl sites for hydroxylation is 2. The first-order valence-corrected chi connectivity index (χ1v) is 10.5. The van der Waals surface area contributed by atoms with E-state index in [0.717, 1.165) is 17.7 Å². The maximum atomic E-state index is 13.0. The number of nitrogens with zero attached hydrogens (tertiary/aromatic N) is 2. The van der Waals surface area contributed by atoms with Crippen molar-refractivity contribution in [2.75, 3.05) is 33.8 Å². The molecule has 0 spiro atoms. The van der Waals surface area contributed by atoms with Gasteiger partial charge in [0, 0.05) is 18.7 Å². The fourth-order valence-electron chi connectivity index (χ4n) is 3.64. The van der Waals surface area contributed by atoms with Gasteiger partial charge in [0.15, 0.2) is 0 Å². The fraction of sp³-hybridized carbons (Fsp3) is 0.417. The largest absolute Gasteiger partial charge is 0.507 e. The van der Waals surface area contributed by atoms with Crippen LogP contribution in [0.2, 0.25) is 0 Å². The topological polar surface area (TPSA) is 83.2 Å². The van der Waals surface area contributed by atoms with Gasteiger partial charge in [-0.05, 0) is 70.3 Å². The van der Waals surface area contributed by atoms with E-state index >= 15 is 0 Å². The number of likely N-dealkylation sites (tertiary alicyclic amines) is 1. The van der Waals surface area contributed by atoms with E-state index in [1.54, 1.807) is 37.3 Å². The maximum Gasteiger partial charge on any atom is 0.295 e. The van der Waals surface area contributed by atoms with Gasteiger partial charge in [-0.1, -0.05) is 6.92 Å². The first-order valence-electron chi connectivity index (χ1n) is 10.5. The highest BCUT2D eigenvalue weighted by Gasteiger charge is 2.47. The van der Waals surface area contributed by atoms with Crippen LogP contribution < -0.4 is 4.74 Å². The van der Waals surface area contributed by atoms with E-state index in [9.17, 15) is 14.7 Å². The number of carbonyl (C=O) groups excluding carboxylic acids is 2. The Morgan fingerprint density at radius 1 is 1.19 bits per heavy atom. The Hall–Kier alpha value is -3.06. The molecule has 1 N–H and O–H groups in total. The van der Waals surface area contributed by atoms with Crippen molar-refractivity contribution in [2.24, 2.45) is 0 Å². The van der Waals surface area contributed by atoms with Gasteiger partial charge < -0.3 is 24.1 Å². The number of hydrogen-bond acceptors (Lipinski definition) is 6. The first-order chi connectivity index (χ1) is 14.7. The fourth-order valence-corrected chi connectivity index (χ4v) is 3.64. The molecule has 1 aliphatic heterocycles. The van der Waals surface area contributed by atoms with Gasteiger partial charge in [0.05, 0.1) is 12.2 Å². The van der Waals surface area contributed by atoms with Crippen molar-refractivity contribution in [3.8, 4) is 5.75 Å². The number of ether oxygens (including phenoxy) is 1. The van der Waals surface area contributed by atoms with Crippen LogP contribution in [0.4, 0.5) is 0 Å². The normalized spacial score (nSPS) is 18.3. The van der Waals surface area contributed by atoms with Gasteiger partial charge in [0.25, 0.3) is 11.7 Å². The van der Waals surface area contributed by atoms with E-state index in [0.29, 0.717) is 36.8 Å². The second-order valence-electron chi connectivity index (χ2n) is 8.07. The van der Waals surface area contributed by atoms with Crippen molar-refractivity contribution < 1.29 is 23.8 Å². The Morgan fingerprint density at radius 2 is 1.94 bits per heavy atom. The standard InChI is InChI=1S/C24H30N2O5/c1-6-13-30-18-10-8-17(14-15(18)2)22(27)20-21(19-9-7-16(3)31-19)26(12-11-25(4)5)24(29)23(20)28/h7-10,14,21,27H,6,11-13H2,1-5H3/b22-20-. The molecule has 1 fully saturated rings. The van der Waals surface area contributed by atoms with E-state index < -0.39 is 17.7 Å². The Morgan fingerprint density at radius 3 is 2.52 bits per heavy atom. The third kappa shape index (κ3) is 4.66. The van der Waals surface area contributed by atoms with Gasteiger partial charge in [0.1, 0.15) is 29.1 Å². The van der Waals surface area contributed by atoms with E-state index in [4.69, 9.17) is 9.15 Å². The molecule has 2 heterocycles. The monoisotopic (exact) mass is 426 g/mol. The highest BCUT2D eigenvalue weighted by molar-refractivity contribution is 6.46. The zero-order valence-corrected chi connectivity index (χ0v) is 18.8. The minimum atomic E-state index is -0.773. The molecule has 2 aromatic rings. The Balaban J connectivity index is 2.07. The van der Waals surface area contributed by atoms with Crippen LogP contribution >= 0.6 is 0 Å². The van der Waals surface area contributed by atoms with E-state index in [-0.39, 0.29) is 11.3 Å². The third-order valence-corrected chi connectivity index (χ3v) is 5.27. The second kappa shape index (κ2) is 9.39. The van der Waals surface area contributed by atoms with Crippen LogP contribution in [0, 0.1) is 13.8 Å². The van der Waals surface area contributed by atoms with Crippen molar-refractivity contribution in [2.45, 2.75) is 33.2 Å². The molecule has 1 atom stereocenters. The number of aliphatic hydroxyl groups excluding tert-OH is 1. The maximum absolute atomic E-state index is 13.0. The Labute approximate surface area is 182 Å². The van der Waals surface area contributed by atoms with Crippen LogP contribution in [0.15, 0.2) is 40.3 Å². The van der Waals surface area contributed by atoms with Crippen molar-refractivity contribution >= 4 is 17.4 Å². The molecule has 1 saturated heterocycles. The molecule has 0 aliphatic carbocycles. The third-order valence-electron chi connectivity index (χ3n) is 5.27. The second-order valence-corrected chi connectivity index (χ2v) is 8.07. The molecule has 0 radical (unpaired) electrons. The number of rotatable bonds is 8. The van der Waals surface area contributed by atoms with Gasteiger partial charge in [-0.2, -0.15) is 0 Å². The zero-order valence-electron chi connectivity index (χ0n) is 18.8. The number of aliphatic hydroxyl groups is 1. The SMILES string of the molecule is CCCOc1ccc(/C(O)=C2/C(=O)C(=O)N(CCN(C)C)C2c2ccc(C)o2)cc1C. The van der Waals surface area contributed by atoms with Crippen LogP contribution in [0.5, 0.6) is 5.75 Å². The van der Waals surface area contributed by atoms with Crippen molar-refractivity contribution in [3.05, 3.63) is 58.6 Å². The van der Waals surface area contributed by atoms with E-state index in [1.807, 2.05) is 32.8 Å². The van der Waals surface area contributed by atoms with E-state index in [2.05, 4.69) is 0 Å². The zero-order chi connectivity index (χ0) is 22.7. The highest BCUT2D eigenvalue weighted by atomic mass is 16.5. The van der Waals surface area contributed by atoms with Crippen LogP contribution in [0.25, 0.3) is 5.76 Å². The average Bonchev–Trinajstić information content (AvgIpc) is 3.26. The van der Waals surface area contributed by atoms with Crippen LogP contribution in [-0.4, -0.2) is 60.4 Å². The molecule has 1 aromatic carbocycles. The molecule has 31 heavy (non-hydrogen) atoms. The number of carbonyl (C=O) groups is 2. The van der Waals surface area contributed by atoms with Crippen LogP contribution in [-0.2, 0) is 9.59 Å². The van der Waals surface area contributed by atoms with Crippen molar-refractivity contribution in [1.29, 1.82) is 0 Å². The predicted octanol–water partition coefficient (Wildman–Crippen LogP) is 3.67. The first kappa shape index (κ1) is 22.6. The van der Waals surface area contributed by atoms with Gasteiger partial charge in [0.2, 0.25) is 0 Å². The van der Waals surface area contributed by atoms with Gasteiger partial charge in [-0.15, -0.1) is 0 Å². The highest BCUT2D eigenvalue weighted by Crippen LogP contribution is 2.40. The number of likely N-dealkylation sites (N-methyl/N-ethyl adjacent to an activating group) is 1. The number of amides is 1. The molecule has 7 heteroatoms. The number of hydrogen-bond donors (Lipinski definition) is 1. The lowest BCUT2D eigenvalue weighted by Gasteiger charge is -2.24. The summed E-state index contributed by atoms with van der Waals surface area (Å²) in [7, 11) is 3.79. The quantitative estimate of drug-likeness (QED) is 0.394. The lowest BCUT2D eigenvalue weighted by Crippen LogP contribution is -2.35. The molecule has 166 valence electrons. The number of Topliss-reactive ketones (excluding diaryl/α,β-unsaturated/α-hetero) is 1. The lowest BCUT2D eigenvalue weighted by molar-refractivity contribution is -0.140. The van der Waals surface area contributed by atoms with Gasteiger partial charge in [-0.3, -0.25) is 9.59 Å². The Bertz CT molecular complexity index is 1010. The molecular weight excluding hydrogens is 396 g/mol. The average molecular weight is 427 g/mol. The molecule has 1 unspecified atom stereocenters. The minimum Gasteiger partial charge on any atom is -0.507 e. The smallest absolute Gasteiger partial charge is 0.295 e. The van der Waals surface area contributed by atoms with E-state index in [1.165, 1.54) is 4.90 Å².